The molecule has 1 fully saturated rings. The van der Waals surface area contributed by atoms with E-state index in [1.807, 2.05) is 16.7 Å². The van der Waals surface area contributed by atoms with Crippen molar-refractivity contribution in [2.75, 3.05) is 18.8 Å². The molecule has 2 rings (SSSR count). The highest BCUT2D eigenvalue weighted by Gasteiger charge is 2.27. The van der Waals surface area contributed by atoms with Crippen molar-refractivity contribution in [1.29, 1.82) is 0 Å². The highest BCUT2D eigenvalue weighted by atomic mass is 32.2. The van der Waals surface area contributed by atoms with Gasteiger partial charge in [0.1, 0.15) is 11.5 Å². The molecule has 0 bridgehead atoms. The van der Waals surface area contributed by atoms with Gasteiger partial charge >= 0.3 is 0 Å². The highest BCUT2D eigenvalue weighted by Crippen LogP contribution is 2.25. The fourth-order valence-corrected chi connectivity index (χ4v) is 3.31. The molecule has 0 aromatic carbocycles. The van der Waals surface area contributed by atoms with Crippen LogP contribution in [-0.4, -0.2) is 44.4 Å². The topological polar surface area (TPSA) is 72.1 Å². The molecule has 0 aliphatic carbocycles. The fraction of sp³-hybridized carbons (Fsp3) is 0.545. The van der Waals surface area contributed by atoms with Gasteiger partial charge in [-0.25, -0.2) is 4.98 Å². The SMILES string of the molecule is CC1CN(C(=O)c2cncc(N)n2)CC(C)S1. The lowest BCUT2D eigenvalue weighted by Crippen LogP contribution is -2.44. The number of nitrogen functional groups attached to an aromatic ring is 1. The van der Waals surface area contributed by atoms with Gasteiger partial charge in [-0.1, -0.05) is 13.8 Å². The third-order valence-electron chi connectivity index (χ3n) is 2.58. The van der Waals surface area contributed by atoms with E-state index in [0.29, 0.717) is 16.2 Å². The number of carbonyl (C=O) groups excluding carboxylic acids is 1. The van der Waals surface area contributed by atoms with Crippen molar-refractivity contribution >= 4 is 23.5 Å². The maximum Gasteiger partial charge on any atom is 0.274 e. The second kappa shape index (κ2) is 4.91. The lowest BCUT2D eigenvalue weighted by Gasteiger charge is -2.34. The van der Waals surface area contributed by atoms with E-state index in [9.17, 15) is 4.79 Å². The summed E-state index contributed by atoms with van der Waals surface area (Å²) in [7, 11) is 0. The summed E-state index contributed by atoms with van der Waals surface area (Å²) in [5, 5.41) is 0.911. The molecule has 6 heteroatoms. The Hall–Kier alpha value is -1.30. The van der Waals surface area contributed by atoms with E-state index in [1.54, 1.807) is 0 Å². The zero-order valence-electron chi connectivity index (χ0n) is 9.96. The lowest BCUT2D eigenvalue weighted by molar-refractivity contribution is 0.0747. The van der Waals surface area contributed by atoms with Gasteiger partial charge in [0, 0.05) is 23.6 Å². The number of thioether (sulfide) groups is 1. The number of nitrogens with zero attached hydrogens (tertiary/aromatic N) is 3. The second-order valence-electron chi connectivity index (χ2n) is 4.30. The molecule has 1 saturated heterocycles. The Kier molecular flexibility index (Phi) is 3.51. The van der Waals surface area contributed by atoms with E-state index < -0.39 is 0 Å². The van der Waals surface area contributed by atoms with Gasteiger partial charge < -0.3 is 10.6 Å². The molecule has 2 unspecified atom stereocenters. The minimum Gasteiger partial charge on any atom is -0.382 e. The molecule has 92 valence electrons. The van der Waals surface area contributed by atoms with Gasteiger partial charge in [0.05, 0.1) is 12.4 Å². The molecule has 2 heterocycles. The number of aromatic nitrogens is 2. The normalized spacial score (nSPS) is 24.7. The van der Waals surface area contributed by atoms with Gasteiger partial charge in [-0.3, -0.25) is 9.78 Å². The van der Waals surface area contributed by atoms with E-state index in [4.69, 9.17) is 5.73 Å². The monoisotopic (exact) mass is 252 g/mol. The van der Waals surface area contributed by atoms with Crippen molar-refractivity contribution in [3.63, 3.8) is 0 Å². The third-order valence-corrected chi connectivity index (χ3v) is 3.81. The van der Waals surface area contributed by atoms with Crippen LogP contribution in [0.1, 0.15) is 24.3 Å². The maximum atomic E-state index is 12.2. The number of nitrogens with two attached hydrogens (primary N) is 1. The van der Waals surface area contributed by atoms with Crippen molar-refractivity contribution in [3.05, 3.63) is 18.1 Å². The number of carbonyl (C=O) groups is 1. The first kappa shape index (κ1) is 12.2. The molecule has 2 atom stereocenters. The molecule has 17 heavy (non-hydrogen) atoms. The Morgan fingerprint density at radius 1 is 1.41 bits per heavy atom. The number of hydrogen-bond acceptors (Lipinski definition) is 5. The van der Waals surface area contributed by atoms with Gasteiger partial charge in [-0.2, -0.15) is 11.8 Å². The van der Waals surface area contributed by atoms with Gasteiger partial charge in [0.25, 0.3) is 5.91 Å². The molecule has 0 spiro atoms. The fourth-order valence-electron chi connectivity index (χ4n) is 1.99. The minimum absolute atomic E-state index is 0.0798. The average molecular weight is 252 g/mol. The van der Waals surface area contributed by atoms with Gasteiger partial charge in [0.2, 0.25) is 0 Å². The predicted octanol–water partition coefficient (Wildman–Crippen LogP) is 1.02. The molecule has 1 aromatic rings. The van der Waals surface area contributed by atoms with Crippen molar-refractivity contribution in [3.8, 4) is 0 Å². The Bertz CT molecular complexity index is 416. The van der Waals surface area contributed by atoms with Crippen LogP contribution < -0.4 is 5.73 Å². The zero-order chi connectivity index (χ0) is 12.4. The quantitative estimate of drug-likeness (QED) is 0.808. The van der Waals surface area contributed by atoms with Crippen LogP contribution in [0.15, 0.2) is 12.4 Å². The summed E-state index contributed by atoms with van der Waals surface area (Å²) in [6.07, 6.45) is 2.91. The lowest BCUT2D eigenvalue weighted by atomic mass is 10.3. The number of hydrogen-bond donors (Lipinski definition) is 1. The highest BCUT2D eigenvalue weighted by molar-refractivity contribution is 8.00. The maximum absolute atomic E-state index is 12.2. The standard InChI is InChI=1S/C11H16N4OS/c1-7-5-15(6-8(2)17-7)11(16)9-3-13-4-10(12)14-9/h3-4,7-8H,5-6H2,1-2H3,(H2,12,14). The number of rotatable bonds is 1. The molecular weight excluding hydrogens is 236 g/mol. The molecule has 1 aliphatic rings. The Balaban J connectivity index is 2.14. The average Bonchev–Trinajstić information content (AvgIpc) is 2.26. The molecule has 0 saturated carbocycles. The Morgan fingerprint density at radius 3 is 2.65 bits per heavy atom. The van der Waals surface area contributed by atoms with E-state index in [1.165, 1.54) is 12.4 Å². The van der Waals surface area contributed by atoms with Crippen LogP contribution in [0.4, 0.5) is 5.82 Å². The number of amides is 1. The minimum atomic E-state index is -0.0798. The number of anilines is 1. The summed E-state index contributed by atoms with van der Waals surface area (Å²) in [6.45, 7) is 5.77. The van der Waals surface area contributed by atoms with Crippen LogP contribution in [0, 0.1) is 0 Å². The van der Waals surface area contributed by atoms with Crippen molar-refractivity contribution < 1.29 is 4.79 Å². The summed E-state index contributed by atoms with van der Waals surface area (Å²) in [4.78, 5) is 21.9. The first-order chi connectivity index (χ1) is 8.06. The summed E-state index contributed by atoms with van der Waals surface area (Å²) in [5.41, 5.74) is 5.86. The van der Waals surface area contributed by atoms with Gasteiger partial charge in [-0.15, -0.1) is 0 Å². The summed E-state index contributed by atoms with van der Waals surface area (Å²) in [6, 6.07) is 0. The van der Waals surface area contributed by atoms with Crippen LogP contribution in [0.2, 0.25) is 0 Å². The molecule has 1 aliphatic heterocycles. The van der Waals surface area contributed by atoms with Crippen molar-refractivity contribution in [2.24, 2.45) is 0 Å². The van der Waals surface area contributed by atoms with Gasteiger partial charge in [-0.05, 0) is 0 Å². The van der Waals surface area contributed by atoms with Crippen LogP contribution in [0.25, 0.3) is 0 Å². The predicted molar refractivity (Wildman–Crippen MR) is 68.9 cm³/mol. The van der Waals surface area contributed by atoms with Crippen LogP contribution in [0.5, 0.6) is 0 Å². The van der Waals surface area contributed by atoms with Crippen molar-refractivity contribution in [2.45, 2.75) is 24.3 Å². The zero-order valence-corrected chi connectivity index (χ0v) is 10.8. The van der Waals surface area contributed by atoms with Crippen LogP contribution in [-0.2, 0) is 0 Å². The summed E-state index contributed by atoms with van der Waals surface area (Å²) < 4.78 is 0. The molecule has 1 aromatic heterocycles. The summed E-state index contributed by atoms with van der Waals surface area (Å²) in [5.74, 6) is 0.201. The largest absolute Gasteiger partial charge is 0.382 e. The molecular formula is C11H16N4OS. The molecule has 5 nitrogen and oxygen atoms in total. The third kappa shape index (κ3) is 2.88. The molecule has 0 radical (unpaired) electrons. The molecule has 1 amide bonds. The van der Waals surface area contributed by atoms with E-state index in [2.05, 4.69) is 23.8 Å². The second-order valence-corrected chi connectivity index (χ2v) is 6.18. The Morgan fingerprint density at radius 2 is 2.06 bits per heavy atom. The van der Waals surface area contributed by atoms with Gasteiger partial charge in [0.15, 0.2) is 0 Å². The van der Waals surface area contributed by atoms with Crippen LogP contribution >= 0.6 is 11.8 Å². The first-order valence-electron chi connectivity index (χ1n) is 5.58. The first-order valence-corrected chi connectivity index (χ1v) is 6.53. The van der Waals surface area contributed by atoms with Crippen molar-refractivity contribution in [1.82, 2.24) is 14.9 Å². The van der Waals surface area contributed by atoms with Crippen LogP contribution in [0.3, 0.4) is 0 Å². The molecule has 2 N–H and O–H groups in total. The van der Waals surface area contributed by atoms with E-state index >= 15 is 0 Å². The smallest absolute Gasteiger partial charge is 0.274 e. The summed E-state index contributed by atoms with van der Waals surface area (Å²) >= 11 is 1.91. The van der Waals surface area contributed by atoms with E-state index in [0.717, 1.165) is 13.1 Å². The Labute approximate surface area is 105 Å². The van der Waals surface area contributed by atoms with E-state index in [-0.39, 0.29) is 11.7 Å².